The van der Waals surface area contributed by atoms with E-state index in [1.165, 1.54) is 0 Å². The summed E-state index contributed by atoms with van der Waals surface area (Å²) < 4.78 is 21.1. The van der Waals surface area contributed by atoms with Gasteiger partial charge in [-0.15, -0.1) is 0 Å². The van der Waals surface area contributed by atoms with Crippen molar-refractivity contribution in [2.24, 2.45) is 0 Å². The van der Waals surface area contributed by atoms with E-state index in [1.807, 2.05) is 0 Å². The highest BCUT2D eigenvalue weighted by Crippen LogP contribution is 2.13. The topological polar surface area (TPSA) is 136 Å². The van der Waals surface area contributed by atoms with Gasteiger partial charge < -0.3 is 28.7 Å². The summed E-state index contributed by atoms with van der Waals surface area (Å²) in [6.45, 7) is 15.4. The molecule has 0 bridgehead atoms. The van der Waals surface area contributed by atoms with E-state index < -0.39 is 30.2 Å². The molecule has 2 rings (SSSR count). The molecule has 0 spiro atoms. The molecule has 0 heterocycles. The van der Waals surface area contributed by atoms with Crippen LogP contribution in [0.1, 0.15) is 61.8 Å². The highest BCUT2D eigenvalue weighted by Gasteiger charge is 2.14. The Kier molecular flexibility index (Phi) is 16.3. The smallest absolute Gasteiger partial charge is 0.411 e. The number of nitrogens with zero attached hydrogens (tertiary/aromatic N) is 2. The van der Waals surface area contributed by atoms with Crippen molar-refractivity contribution in [3.05, 3.63) is 59.7 Å². The minimum absolute atomic E-state index is 0.0162. The number of benzene rings is 2. The average Bonchev–Trinajstić information content (AvgIpc) is 3.01. The summed E-state index contributed by atoms with van der Waals surface area (Å²) in [4.78, 5) is 53.1. The van der Waals surface area contributed by atoms with Crippen LogP contribution in [-0.4, -0.2) is 99.1 Å². The summed E-state index contributed by atoms with van der Waals surface area (Å²) >= 11 is 0. The highest BCUT2D eigenvalue weighted by molar-refractivity contribution is 5.92. The second-order valence-electron chi connectivity index (χ2n) is 9.87. The molecule has 2 aromatic rings. The van der Waals surface area contributed by atoms with E-state index in [0.29, 0.717) is 48.8 Å². The molecule has 0 aliphatic carbocycles. The van der Waals surface area contributed by atoms with Gasteiger partial charge in [-0.1, -0.05) is 27.7 Å². The van der Waals surface area contributed by atoms with Crippen molar-refractivity contribution in [3.63, 3.8) is 0 Å². The molecule has 2 amide bonds. The Hall–Kier alpha value is -4.16. The molecule has 44 heavy (non-hydrogen) atoms. The zero-order chi connectivity index (χ0) is 32.3. The van der Waals surface area contributed by atoms with Crippen LogP contribution in [0.25, 0.3) is 0 Å². The molecule has 0 unspecified atom stereocenters. The van der Waals surface area contributed by atoms with Crippen LogP contribution in [-0.2, 0) is 18.9 Å². The lowest BCUT2D eigenvalue weighted by molar-refractivity contribution is 0.0457. The van der Waals surface area contributed by atoms with E-state index in [4.69, 9.17) is 18.9 Å². The summed E-state index contributed by atoms with van der Waals surface area (Å²) in [5, 5.41) is 5.19. The van der Waals surface area contributed by atoms with Gasteiger partial charge in [0.15, 0.2) is 0 Å². The third-order valence-electron chi connectivity index (χ3n) is 6.87. The molecule has 0 saturated heterocycles. The monoisotopic (exact) mass is 614 g/mol. The van der Waals surface area contributed by atoms with Crippen molar-refractivity contribution in [2.45, 2.75) is 47.1 Å². The van der Waals surface area contributed by atoms with Crippen LogP contribution in [0.15, 0.2) is 48.5 Å². The second kappa shape index (κ2) is 19.9. The van der Waals surface area contributed by atoms with Crippen molar-refractivity contribution in [1.29, 1.82) is 0 Å². The Morgan fingerprint density at radius 2 is 1.02 bits per heavy atom. The number of carbonyl (C=O) groups is 4. The van der Waals surface area contributed by atoms with Gasteiger partial charge in [-0.3, -0.25) is 10.6 Å². The number of esters is 2. The molecular weight excluding hydrogens is 568 g/mol. The van der Waals surface area contributed by atoms with E-state index in [1.54, 1.807) is 55.5 Å². The zero-order valence-electron chi connectivity index (χ0n) is 26.4. The van der Waals surface area contributed by atoms with Gasteiger partial charge in [0.25, 0.3) is 0 Å². The number of amides is 2. The van der Waals surface area contributed by atoms with Gasteiger partial charge in [-0.05, 0) is 81.6 Å². The fourth-order valence-corrected chi connectivity index (χ4v) is 4.02. The van der Waals surface area contributed by atoms with Crippen LogP contribution in [0.5, 0.6) is 0 Å². The summed E-state index contributed by atoms with van der Waals surface area (Å²) in [5.74, 6) is -0.856. The number of nitrogens with one attached hydrogen (secondary N) is 2. The molecule has 0 radical (unpaired) electrons. The number of rotatable bonds is 18. The summed E-state index contributed by atoms with van der Waals surface area (Å²) in [7, 11) is 0. The highest BCUT2D eigenvalue weighted by atomic mass is 16.6. The normalized spacial score (nSPS) is 11.5. The first-order valence-electron chi connectivity index (χ1n) is 15.1. The first-order valence-corrected chi connectivity index (χ1v) is 15.1. The summed E-state index contributed by atoms with van der Waals surface area (Å²) in [6, 6.07) is 12.6. The van der Waals surface area contributed by atoms with Crippen molar-refractivity contribution in [2.75, 3.05) is 69.7 Å². The van der Waals surface area contributed by atoms with Gasteiger partial charge in [-0.2, -0.15) is 0 Å². The first-order chi connectivity index (χ1) is 21.2. The minimum atomic E-state index is -0.678. The number of likely N-dealkylation sites (N-methyl/N-ethyl adjacent to an activating group) is 2. The van der Waals surface area contributed by atoms with Crippen LogP contribution >= 0.6 is 0 Å². The third-order valence-corrected chi connectivity index (χ3v) is 6.87. The Bertz CT molecular complexity index is 1170. The van der Waals surface area contributed by atoms with Crippen LogP contribution in [0, 0.1) is 0 Å². The molecule has 0 saturated carbocycles. The van der Waals surface area contributed by atoms with Crippen LogP contribution in [0.4, 0.5) is 21.0 Å². The first kappa shape index (κ1) is 36.0. The third kappa shape index (κ3) is 13.4. The fraction of sp³-hybridized carbons (Fsp3) is 0.500. The summed E-state index contributed by atoms with van der Waals surface area (Å²) in [5.41, 5.74) is 1.67. The predicted octanol–water partition coefficient (Wildman–Crippen LogP) is 5.26. The quantitative estimate of drug-likeness (QED) is 0.169. The molecule has 2 N–H and O–H groups in total. The van der Waals surface area contributed by atoms with Gasteiger partial charge in [-0.25, -0.2) is 19.2 Å². The zero-order valence-corrected chi connectivity index (χ0v) is 26.4. The van der Waals surface area contributed by atoms with E-state index >= 15 is 0 Å². The van der Waals surface area contributed by atoms with Crippen molar-refractivity contribution in [3.8, 4) is 0 Å². The average molecular weight is 615 g/mol. The Morgan fingerprint density at radius 1 is 0.614 bits per heavy atom. The van der Waals surface area contributed by atoms with Gasteiger partial charge in [0.05, 0.1) is 17.7 Å². The van der Waals surface area contributed by atoms with E-state index in [-0.39, 0.29) is 13.0 Å². The maximum Gasteiger partial charge on any atom is 0.411 e. The lowest BCUT2D eigenvalue weighted by Gasteiger charge is -2.17. The molecule has 0 fully saturated rings. The lowest BCUT2D eigenvalue weighted by Crippen LogP contribution is -2.27. The number of hydrogen-bond acceptors (Lipinski definition) is 10. The van der Waals surface area contributed by atoms with Gasteiger partial charge in [0.2, 0.25) is 0 Å². The van der Waals surface area contributed by atoms with Crippen LogP contribution < -0.4 is 10.6 Å². The van der Waals surface area contributed by atoms with Crippen molar-refractivity contribution < 1.29 is 38.1 Å². The van der Waals surface area contributed by atoms with E-state index in [2.05, 4.69) is 48.1 Å². The standard InChI is InChI=1S/C32H46N4O8/c1-6-35(7-2)19-22-41-29(37)25-10-14-27(15-11-25)33-31(39)43-21-18-24(5)44-32(40)34-28-16-12-26(13-17-28)30(38)42-23-20-36(8-3)9-4/h10-17,24H,6-9,18-23H2,1-5H3,(H,33,39)(H,34,40)/t24-/m1/s1. The minimum Gasteiger partial charge on any atom is -0.461 e. The Morgan fingerprint density at radius 3 is 1.43 bits per heavy atom. The lowest BCUT2D eigenvalue weighted by atomic mass is 10.2. The second-order valence-corrected chi connectivity index (χ2v) is 9.87. The van der Waals surface area contributed by atoms with Gasteiger partial charge in [0, 0.05) is 30.9 Å². The number of carbonyl (C=O) groups excluding carboxylic acids is 4. The number of anilines is 2. The molecule has 0 aromatic heterocycles. The molecule has 12 nitrogen and oxygen atoms in total. The maximum absolute atomic E-state index is 12.2. The Balaban J connectivity index is 1.66. The van der Waals surface area contributed by atoms with Gasteiger partial charge in [0.1, 0.15) is 19.3 Å². The predicted molar refractivity (Wildman–Crippen MR) is 168 cm³/mol. The molecule has 0 aliphatic rings. The molecule has 2 aromatic carbocycles. The Labute approximate surface area is 260 Å². The molecule has 242 valence electrons. The van der Waals surface area contributed by atoms with E-state index in [9.17, 15) is 19.2 Å². The molecule has 12 heteroatoms. The summed E-state index contributed by atoms with van der Waals surface area (Å²) in [6.07, 6.45) is -1.61. The van der Waals surface area contributed by atoms with Crippen molar-refractivity contribution >= 4 is 35.5 Å². The van der Waals surface area contributed by atoms with E-state index in [0.717, 1.165) is 26.2 Å². The van der Waals surface area contributed by atoms with Crippen LogP contribution in [0.2, 0.25) is 0 Å². The molecule has 1 atom stereocenters. The number of ether oxygens (including phenoxy) is 4. The molecular formula is C32H46N4O8. The number of hydrogen-bond donors (Lipinski definition) is 2. The largest absolute Gasteiger partial charge is 0.461 e. The van der Waals surface area contributed by atoms with Gasteiger partial charge >= 0.3 is 24.1 Å². The van der Waals surface area contributed by atoms with Crippen molar-refractivity contribution in [1.82, 2.24) is 9.80 Å². The molecule has 0 aliphatic heterocycles. The fourth-order valence-electron chi connectivity index (χ4n) is 4.02. The SMILES string of the molecule is CCN(CC)CCOC(=O)c1ccc(NC(=O)OCC[C@@H](C)OC(=O)Nc2ccc(C(=O)OCCN(CC)CC)cc2)cc1. The maximum atomic E-state index is 12.2. The van der Waals surface area contributed by atoms with Crippen LogP contribution in [0.3, 0.4) is 0 Å².